The van der Waals surface area contributed by atoms with Crippen molar-refractivity contribution in [1.82, 2.24) is 0 Å². The van der Waals surface area contributed by atoms with Crippen LogP contribution in [0.1, 0.15) is 15.9 Å². The van der Waals surface area contributed by atoms with Crippen molar-refractivity contribution >= 4 is 5.97 Å². The largest absolute Gasteiger partial charge is 0.423 e. The lowest BCUT2D eigenvalue weighted by Gasteiger charge is -2.39. The molecule has 0 amide bonds. The van der Waals surface area contributed by atoms with Crippen LogP contribution in [0, 0.1) is 5.82 Å². The summed E-state index contributed by atoms with van der Waals surface area (Å²) in [6, 6.07) is 11.8. The Morgan fingerprint density at radius 3 is 2.43 bits per heavy atom. The van der Waals surface area contributed by atoms with Gasteiger partial charge in [-0.1, -0.05) is 18.2 Å². The normalized spacial score (nSPS) is 26.4. The van der Waals surface area contributed by atoms with Crippen molar-refractivity contribution in [3.05, 3.63) is 65.5 Å². The number of hydrogen-bond acceptors (Lipinski definition) is 8. The van der Waals surface area contributed by atoms with Crippen LogP contribution in [0.4, 0.5) is 4.39 Å². The third-order valence-corrected chi connectivity index (χ3v) is 4.72. The highest BCUT2D eigenvalue weighted by Gasteiger charge is 2.43. The molecule has 0 aromatic heterocycles. The van der Waals surface area contributed by atoms with Gasteiger partial charge in [-0.15, -0.1) is 0 Å². The van der Waals surface area contributed by atoms with E-state index in [1.807, 2.05) is 0 Å². The Bertz CT molecular complexity index is 841. The second kappa shape index (κ2) is 10.1. The number of rotatable bonds is 7. The summed E-state index contributed by atoms with van der Waals surface area (Å²) >= 11 is 0. The highest BCUT2D eigenvalue weighted by molar-refractivity contribution is 5.91. The van der Waals surface area contributed by atoms with Crippen LogP contribution in [-0.2, 0) is 15.9 Å². The van der Waals surface area contributed by atoms with E-state index >= 15 is 0 Å². The molecule has 0 unspecified atom stereocenters. The molecule has 8 nitrogen and oxygen atoms in total. The Balaban J connectivity index is 1.49. The Morgan fingerprint density at radius 1 is 1.03 bits per heavy atom. The molecule has 2 aromatic rings. The van der Waals surface area contributed by atoms with Gasteiger partial charge in [0.05, 0.1) is 18.8 Å². The first kappa shape index (κ1) is 22.3. The van der Waals surface area contributed by atoms with E-state index in [-0.39, 0.29) is 12.2 Å². The fourth-order valence-corrected chi connectivity index (χ4v) is 3.00. The van der Waals surface area contributed by atoms with Crippen LogP contribution in [0.25, 0.3) is 0 Å². The van der Waals surface area contributed by atoms with Crippen LogP contribution in [0.5, 0.6) is 5.75 Å². The zero-order chi connectivity index (χ0) is 21.7. The van der Waals surface area contributed by atoms with Crippen LogP contribution in [0.3, 0.4) is 0 Å². The van der Waals surface area contributed by atoms with Gasteiger partial charge in [0.25, 0.3) is 0 Å². The van der Waals surface area contributed by atoms with E-state index in [0.29, 0.717) is 12.2 Å². The average molecular weight is 422 g/mol. The van der Waals surface area contributed by atoms with Gasteiger partial charge in [0.2, 0.25) is 0 Å². The molecular formula is C21H23FO8. The van der Waals surface area contributed by atoms with E-state index in [0.717, 1.165) is 11.6 Å². The Kier molecular flexibility index (Phi) is 7.48. The number of esters is 1. The minimum absolute atomic E-state index is 0.104. The van der Waals surface area contributed by atoms with Crippen LogP contribution < -0.4 is 4.74 Å². The van der Waals surface area contributed by atoms with Crippen molar-refractivity contribution < 1.29 is 43.8 Å². The number of aliphatic hydroxyl groups excluding tert-OH is 4. The fraction of sp³-hybridized carbons (Fsp3) is 0.381. The second-order valence-electron chi connectivity index (χ2n) is 6.86. The number of hydrogen-bond donors (Lipinski definition) is 4. The first-order chi connectivity index (χ1) is 14.4. The molecule has 5 atom stereocenters. The minimum atomic E-state index is -1.49. The van der Waals surface area contributed by atoms with Crippen molar-refractivity contribution in [1.29, 1.82) is 0 Å². The molecule has 2 aromatic carbocycles. The molecule has 1 heterocycles. The van der Waals surface area contributed by atoms with Gasteiger partial charge in [-0.3, -0.25) is 0 Å². The lowest BCUT2D eigenvalue weighted by molar-refractivity contribution is -0.300. The smallest absolute Gasteiger partial charge is 0.343 e. The molecule has 4 N–H and O–H groups in total. The highest BCUT2D eigenvalue weighted by Crippen LogP contribution is 2.22. The number of halogens is 1. The molecular weight excluding hydrogens is 399 g/mol. The molecule has 0 saturated carbocycles. The topological polar surface area (TPSA) is 126 Å². The Hall–Kier alpha value is -2.40. The molecule has 1 saturated heterocycles. The SMILES string of the molecule is O=C(Oc1ccc(CCO[C@@H]2O[C@H](CO)[C@@H](O)[C@H](O)[C@H]2O)cc1)c1cccc(F)c1. The molecule has 0 bridgehead atoms. The van der Waals surface area contributed by atoms with Gasteiger partial charge in [0, 0.05) is 0 Å². The maximum absolute atomic E-state index is 13.2. The molecule has 9 heteroatoms. The number of benzene rings is 2. The van der Waals surface area contributed by atoms with E-state index in [2.05, 4.69) is 0 Å². The number of ether oxygens (including phenoxy) is 3. The number of carbonyl (C=O) groups is 1. The molecule has 0 spiro atoms. The van der Waals surface area contributed by atoms with Crippen molar-refractivity contribution in [2.24, 2.45) is 0 Å². The predicted molar refractivity (Wildman–Crippen MR) is 101 cm³/mol. The summed E-state index contributed by atoms with van der Waals surface area (Å²) in [6.45, 7) is -0.397. The van der Waals surface area contributed by atoms with Crippen LogP contribution >= 0.6 is 0 Å². The summed E-state index contributed by atoms with van der Waals surface area (Å²) in [5.41, 5.74) is 0.942. The van der Waals surface area contributed by atoms with Gasteiger partial charge in [-0.2, -0.15) is 0 Å². The summed E-state index contributed by atoms with van der Waals surface area (Å²) < 4.78 is 29.1. The lowest BCUT2D eigenvalue weighted by Crippen LogP contribution is -2.59. The molecule has 1 aliphatic heterocycles. The van der Waals surface area contributed by atoms with Gasteiger partial charge in [-0.25, -0.2) is 9.18 Å². The van der Waals surface area contributed by atoms with Gasteiger partial charge in [0.1, 0.15) is 36.0 Å². The van der Waals surface area contributed by atoms with E-state index < -0.39 is 49.1 Å². The summed E-state index contributed by atoms with van der Waals surface area (Å²) in [5.74, 6) is -0.907. The molecule has 1 fully saturated rings. The molecule has 3 rings (SSSR count). The molecule has 0 radical (unpaired) electrons. The van der Waals surface area contributed by atoms with E-state index in [1.54, 1.807) is 24.3 Å². The number of carbonyl (C=O) groups excluding carboxylic acids is 1. The summed E-state index contributed by atoms with van der Waals surface area (Å²) in [4.78, 5) is 12.0. The lowest BCUT2D eigenvalue weighted by atomic mass is 9.99. The van der Waals surface area contributed by atoms with Crippen molar-refractivity contribution in [3.8, 4) is 5.75 Å². The second-order valence-corrected chi connectivity index (χ2v) is 6.86. The maximum Gasteiger partial charge on any atom is 0.343 e. The van der Waals surface area contributed by atoms with Crippen LogP contribution in [0.15, 0.2) is 48.5 Å². The summed E-state index contributed by atoms with van der Waals surface area (Å²) in [5, 5.41) is 38.6. The third-order valence-electron chi connectivity index (χ3n) is 4.72. The number of aliphatic hydroxyl groups is 4. The van der Waals surface area contributed by atoms with E-state index in [4.69, 9.17) is 14.2 Å². The molecule has 162 valence electrons. The zero-order valence-corrected chi connectivity index (χ0v) is 15.9. The fourth-order valence-electron chi connectivity index (χ4n) is 3.00. The highest BCUT2D eigenvalue weighted by atomic mass is 19.1. The van der Waals surface area contributed by atoms with Gasteiger partial charge >= 0.3 is 5.97 Å². The van der Waals surface area contributed by atoms with Crippen molar-refractivity contribution in [2.75, 3.05) is 13.2 Å². The van der Waals surface area contributed by atoms with Crippen LogP contribution in [-0.4, -0.2) is 70.3 Å². The summed E-state index contributed by atoms with van der Waals surface area (Å²) in [7, 11) is 0. The van der Waals surface area contributed by atoms with Gasteiger partial charge < -0.3 is 34.6 Å². The maximum atomic E-state index is 13.2. The quantitative estimate of drug-likeness (QED) is 0.373. The van der Waals surface area contributed by atoms with Gasteiger partial charge in [-0.05, 0) is 42.3 Å². The zero-order valence-electron chi connectivity index (χ0n) is 15.9. The van der Waals surface area contributed by atoms with E-state index in [9.17, 15) is 29.6 Å². The molecule has 30 heavy (non-hydrogen) atoms. The van der Waals surface area contributed by atoms with Gasteiger partial charge in [0.15, 0.2) is 6.29 Å². The monoisotopic (exact) mass is 422 g/mol. The predicted octanol–water partition coefficient (Wildman–Crippen LogP) is 0.404. The molecule has 1 aliphatic rings. The first-order valence-corrected chi connectivity index (χ1v) is 9.38. The summed E-state index contributed by atoms with van der Waals surface area (Å²) in [6.07, 6.45) is -6.17. The van der Waals surface area contributed by atoms with Crippen LogP contribution in [0.2, 0.25) is 0 Å². The Morgan fingerprint density at radius 2 is 1.77 bits per heavy atom. The molecule has 0 aliphatic carbocycles. The Labute approximate surface area is 172 Å². The standard InChI is InChI=1S/C21H23FO8/c22-14-3-1-2-13(10-14)20(27)29-15-6-4-12(5-7-15)8-9-28-21-19(26)18(25)17(24)16(11-23)30-21/h1-7,10,16-19,21,23-26H,8-9,11H2/t16-,17-,18+,19-,21-/m1/s1. The third kappa shape index (κ3) is 5.39. The van der Waals surface area contributed by atoms with E-state index in [1.165, 1.54) is 18.2 Å². The minimum Gasteiger partial charge on any atom is -0.423 e. The van der Waals surface area contributed by atoms with Crippen molar-refractivity contribution in [3.63, 3.8) is 0 Å². The first-order valence-electron chi connectivity index (χ1n) is 9.38. The average Bonchev–Trinajstić information content (AvgIpc) is 2.75. The van der Waals surface area contributed by atoms with Crippen molar-refractivity contribution in [2.45, 2.75) is 37.1 Å².